The van der Waals surface area contributed by atoms with Crippen LogP contribution in [0.1, 0.15) is 38.3 Å². The van der Waals surface area contributed by atoms with Gasteiger partial charge in [-0.1, -0.05) is 80.6 Å². The van der Waals surface area contributed by atoms with Crippen molar-refractivity contribution in [3.63, 3.8) is 0 Å². The van der Waals surface area contributed by atoms with Crippen LogP contribution in [0.15, 0.2) is 89.8 Å². The van der Waals surface area contributed by atoms with Gasteiger partial charge in [0.1, 0.15) is 12.6 Å². The molecule has 0 aromatic heterocycles. The number of sulfonamides is 1. The minimum atomic E-state index is -4.06. The Balaban J connectivity index is 2.03. The highest BCUT2D eigenvalue weighted by Crippen LogP contribution is 2.28. The third-order valence-corrected chi connectivity index (χ3v) is 7.94. The SMILES string of the molecule is CCCNC(=O)[C@H](C)N(Cc1ccccc1)C(=O)CN(c1ccccc1CC)S(=O)(=O)c1ccccc1. The molecule has 0 fully saturated rings. The summed E-state index contributed by atoms with van der Waals surface area (Å²) in [5.41, 5.74) is 2.10. The predicted octanol–water partition coefficient (Wildman–Crippen LogP) is 4.39. The van der Waals surface area contributed by atoms with Crippen LogP contribution >= 0.6 is 0 Å². The number of nitrogens with zero attached hydrogens (tertiary/aromatic N) is 2. The maximum atomic E-state index is 13.9. The molecule has 0 aliphatic heterocycles. The second-order valence-corrected chi connectivity index (χ2v) is 10.6. The summed E-state index contributed by atoms with van der Waals surface area (Å²) >= 11 is 0. The number of rotatable bonds is 12. The predicted molar refractivity (Wildman–Crippen MR) is 147 cm³/mol. The maximum Gasteiger partial charge on any atom is 0.264 e. The molecule has 0 saturated heterocycles. The molecule has 3 rings (SSSR count). The number of aryl methyl sites for hydroxylation is 1. The molecule has 1 N–H and O–H groups in total. The molecule has 7 nitrogen and oxygen atoms in total. The Hall–Kier alpha value is -3.65. The molecule has 0 radical (unpaired) electrons. The number of carbonyl (C=O) groups excluding carboxylic acids is 2. The fourth-order valence-electron chi connectivity index (χ4n) is 4.04. The van der Waals surface area contributed by atoms with E-state index < -0.39 is 28.5 Å². The number of amides is 2. The van der Waals surface area contributed by atoms with Crippen LogP contribution in [0.5, 0.6) is 0 Å². The fourth-order valence-corrected chi connectivity index (χ4v) is 5.52. The highest BCUT2D eigenvalue weighted by atomic mass is 32.2. The number of anilines is 1. The van der Waals surface area contributed by atoms with Crippen molar-refractivity contribution in [2.75, 3.05) is 17.4 Å². The van der Waals surface area contributed by atoms with Gasteiger partial charge in [-0.25, -0.2) is 8.42 Å². The molecule has 1 atom stereocenters. The Morgan fingerprint density at radius 1 is 0.865 bits per heavy atom. The number of nitrogens with one attached hydrogen (secondary N) is 1. The zero-order valence-electron chi connectivity index (χ0n) is 21.6. The molecule has 3 aromatic rings. The first-order chi connectivity index (χ1) is 17.8. The van der Waals surface area contributed by atoms with Gasteiger partial charge in [-0.2, -0.15) is 0 Å². The van der Waals surface area contributed by atoms with Gasteiger partial charge >= 0.3 is 0 Å². The lowest BCUT2D eigenvalue weighted by molar-refractivity contribution is -0.139. The van der Waals surface area contributed by atoms with E-state index in [2.05, 4.69) is 5.32 Å². The summed E-state index contributed by atoms with van der Waals surface area (Å²) in [6.45, 7) is 5.80. The lowest BCUT2D eigenvalue weighted by Crippen LogP contribution is -2.51. The van der Waals surface area contributed by atoms with E-state index in [9.17, 15) is 18.0 Å². The van der Waals surface area contributed by atoms with Gasteiger partial charge in [0.15, 0.2) is 0 Å². The standard InChI is InChI=1S/C29H35N3O4S/c1-4-20-30-29(34)23(3)31(21-24-14-8-6-9-15-24)28(33)22-32(27-19-13-12-16-25(27)5-2)37(35,36)26-17-10-7-11-18-26/h6-19,23H,4-5,20-22H2,1-3H3,(H,30,34)/t23-/m0/s1. The van der Waals surface area contributed by atoms with Gasteiger partial charge in [-0.3, -0.25) is 13.9 Å². The molecule has 37 heavy (non-hydrogen) atoms. The van der Waals surface area contributed by atoms with Crippen LogP contribution in [0.3, 0.4) is 0 Å². The van der Waals surface area contributed by atoms with E-state index in [-0.39, 0.29) is 17.3 Å². The molecule has 8 heteroatoms. The fraction of sp³-hybridized carbons (Fsp3) is 0.310. The number of hydrogen-bond donors (Lipinski definition) is 1. The van der Waals surface area contributed by atoms with Crippen LogP contribution in [0, 0.1) is 0 Å². The summed E-state index contributed by atoms with van der Waals surface area (Å²) in [5.74, 6) is -0.744. The average molecular weight is 522 g/mol. The lowest BCUT2D eigenvalue weighted by Gasteiger charge is -2.32. The Labute approximate surface area is 220 Å². The van der Waals surface area contributed by atoms with Crippen molar-refractivity contribution >= 4 is 27.5 Å². The highest BCUT2D eigenvalue weighted by Gasteiger charge is 2.33. The minimum Gasteiger partial charge on any atom is -0.354 e. The van der Waals surface area contributed by atoms with E-state index in [4.69, 9.17) is 0 Å². The number of benzene rings is 3. The van der Waals surface area contributed by atoms with Crippen LogP contribution in [-0.4, -0.2) is 44.3 Å². The quantitative estimate of drug-likeness (QED) is 0.383. The lowest BCUT2D eigenvalue weighted by atomic mass is 10.1. The minimum absolute atomic E-state index is 0.0945. The average Bonchev–Trinajstić information content (AvgIpc) is 2.93. The zero-order valence-corrected chi connectivity index (χ0v) is 22.4. The summed E-state index contributed by atoms with van der Waals surface area (Å²) in [6.07, 6.45) is 1.36. The normalized spacial score (nSPS) is 12.0. The van der Waals surface area contributed by atoms with E-state index in [1.165, 1.54) is 17.0 Å². The topological polar surface area (TPSA) is 86.8 Å². The molecular formula is C29H35N3O4S. The first kappa shape index (κ1) is 27.9. The molecule has 0 saturated carbocycles. The molecule has 0 aliphatic rings. The Morgan fingerprint density at radius 2 is 1.46 bits per heavy atom. The molecule has 0 unspecified atom stereocenters. The van der Waals surface area contributed by atoms with Gasteiger partial charge in [-0.15, -0.1) is 0 Å². The monoisotopic (exact) mass is 521 g/mol. The summed E-state index contributed by atoms with van der Waals surface area (Å²) < 4.78 is 28.8. The van der Waals surface area contributed by atoms with Crippen molar-refractivity contribution in [1.82, 2.24) is 10.2 Å². The first-order valence-corrected chi connectivity index (χ1v) is 14.0. The van der Waals surface area contributed by atoms with Gasteiger partial charge in [0, 0.05) is 13.1 Å². The van der Waals surface area contributed by atoms with Gasteiger partial charge < -0.3 is 10.2 Å². The molecule has 0 heterocycles. The van der Waals surface area contributed by atoms with E-state index >= 15 is 0 Å². The molecule has 3 aromatic carbocycles. The van der Waals surface area contributed by atoms with Crippen LogP contribution < -0.4 is 9.62 Å². The van der Waals surface area contributed by atoms with Crippen LogP contribution in [0.25, 0.3) is 0 Å². The number of carbonyl (C=O) groups is 2. The van der Waals surface area contributed by atoms with E-state index in [1.54, 1.807) is 37.3 Å². The summed E-state index contributed by atoms with van der Waals surface area (Å²) in [6, 6.07) is 23.8. The van der Waals surface area contributed by atoms with Crippen molar-refractivity contribution in [1.29, 1.82) is 0 Å². The van der Waals surface area contributed by atoms with Crippen LogP contribution in [-0.2, 0) is 32.6 Å². The third kappa shape index (κ3) is 6.98. The Kier molecular flexibility index (Phi) is 9.85. The van der Waals surface area contributed by atoms with Crippen LogP contribution in [0.4, 0.5) is 5.69 Å². The largest absolute Gasteiger partial charge is 0.354 e. The van der Waals surface area contributed by atoms with Crippen LogP contribution in [0.2, 0.25) is 0 Å². The van der Waals surface area contributed by atoms with Gasteiger partial charge in [0.05, 0.1) is 10.6 Å². The highest BCUT2D eigenvalue weighted by molar-refractivity contribution is 7.92. The maximum absolute atomic E-state index is 13.9. The summed E-state index contributed by atoms with van der Waals surface area (Å²) in [4.78, 5) is 28.3. The third-order valence-electron chi connectivity index (χ3n) is 6.16. The van der Waals surface area contributed by atoms with Crippen molar-refractivity contribution < 1.29 is 18.0 Å². The molecule has 196 valence electrons. The van der Waals surface area contributed by atoms with Gasteiger partial charge in [-0.05, 0) is 49.1 Å². The molecular weight excluding hydrogens is 486 g/mol. The number of hydrogen-bond acceptors (Lipinski definition) is 4. The molecule has 0 spiro atoms. The van der Waals surface area contributed by atoms with Crippen molar-refractivity contribution in [3.05, 3.63) is 96.1 Å². The van der Waals surface area contributed by atoms with Crippen molar-refractivity contribution in [3.8, 4) is 0 Å². The summed E-state index contributed by atoms with van der Waals surface area (Å²) in [5, 5.41) is 2.85. The Morgan fingerprint density at radius 3 is 2.08 bits per heavy atom. The second kappa shape index (κ2) is 13.1. The van der Waals surface area contributed by atoms with Crippen molar-refractivity contribution in [2.24, 2.45) is 0 Å². The van der Waals surface area contributed by atoms with Crippen molar-refractivity contribution in [2.45, 2.75) is 51.1 Å². The molecule has 2 amide bonds. The first-order valence-electron chi connectivity index (χ1n) is 12.6. The second-order valence-electron chi connectivity index (χ2n) is 8.78. The van der Waals surface area contributed by atoms with E-state index in [1.807, 2.05) is 56.3 Å². The van der Waals surface area contributed by atoms with Gasteiger partial charge in [0.2, 0.25) is 11.8 Å². The van der Waals surface area contributed by atoms with Gasteiger partial charge in [0.25, 0.3) is 10.0 Å². The number of para-hydroxylation sites is 1. The van der Waals surface area contributed by atoms with E-state index in [0.717, 1.165) is 21.9 Å². The zero-order chi connectivity index (χ0) is 26.8. The smallest absolute Gasteiger partial charge is 0.264 e. The molecule has 0 aliphatic carbocycles. The summed E-state index contributed by atoms with van der Waals surface area (Å²) in [7, 11) is -4.06. The molecule has 0 bridgehead atoms. The Bertz CT molecular complexity index is 1280. The van der Waals surface area contributed by atoms with E-state index in [0.29, 0.717) is 18.7 Å².